The maximum absolute atomic E-state index is 4.41. The third-order valence-electron chi connectivity index (χ3n) is 2.34. The van der Waals surface area contributed by atoms with E-state index in [9.17, 15) is 0 Å². The fraction of sp³-hybridized carbons (Fsp3) is 0.400. The van der Waals surface area contributed by atoms with Gasteiger partial charge in [-0.2, -0.15) is 5.10 Å². The highest BCUT2D eigenvalue weighted by Crippen LogP contribution is 2.17. The van der Waals surface area contributed by atoms with E-state index in [1.807, 2.05) is 16.8 Å². The molecular formula is C10H13BrN4. The van der Waals surface area contributed by atoms with E-state index in [2.05, 4.69) is 37.8 Å². The second-order valence-electron chi connectivity index (χ2n) is 3.18. The predicted molar refractivity (Wildman–Crippen MR) is 64.7 cm³/mol. The van der Waals surface area contributed by atoms with Crippen molar-refractivity contribution >= 4 is 27.3 Å². The number of hydrogen-bond acceptors (Lipinski definition) is 3. The van der Waals surface area contributed by atoms with Crippen LogP contribution in [0.5, 0.6) is 0 Å². The molecule has 2 heterocycles. The molecule has 0 spiro atoms. The Morgan fingerprint density at radius 2 is 2.33 bits per heavy atom. The zero-order valence-corrected chi connectivity index (χ0v) is 10.2. The molecule has 0 radical (unpaired) electrons. The first-order valence-corrected chi connectivity index (χ1v) is 6.08. The van der Waals surface area contributed by atoms with E-state index >= 15 is 0 Å². The molecule has 0 aromatic carbocycles. The van der Waals surface area contributed by atoms with Crippen LogP contribution in [-0.4, -0.2) is 33.0 Å². The van der Waals surface area contributed by atoms with Crippen LogP contribution in [0.25, 0.3) is 5.52 Å². The summed E-state index contributed by atoms with van der Waals surface area (Å²) >= 11 is 3.45. The summed E-state index contributed by atoms with van der Waals surface area (Å²) in [4.78, 5) is 6.64. The molecule has 2 rings (SSSR count). The van der Waals surface area contributed by atoms with Gasteiger partial charge in [-0.05, 0) is 13.0 Å². The minimum Gasteiger partial charge on any atom is -0.354 e. The lowest BCUT2D eigenvalue weighted by Gasteiger charge is -2.21. The number of anilines is 1. The molecule has 0 N–H and O–H groups in total. The lowest BCUT2D eigenvalue weighted by molar-refractivity contribution is 0.843. The van der Waals surface area contributed by atoms with E-state index < -0.39 is 0 Å². The third kappa shape index (κ3) is 1.97. The molecule has 0 amide bonds. The van der Waals surface area contributed by atoms with Crippen molar-refractivity contribution in [3.8, 4) is 0 Å². The molecule has 80 valence electrons. The Balaban J connectivity index is 2.44. The monoisotopic (exact) mass is 268 g/mol. The van der Waals surface area contributed by atoms with Gasteiger partial charge in [0, 0.05) is 30.8 Å². The number of aromatic nitrogens is 3. The van der Waals surface area contributed by atoms with Crippen LogP contribution in [-0.2, 0) is 0 Å². The van der Waals surface area contributed by atoms with E-state index in [1.165, 1.54) is 0 Å². The summed E-state index contributed by atoms with van der Waals surface area (Å²) in [6.45, 7) is 4.03. The third-order valence-corrected chi connectivity index (χ3v) is 2.69. The van der Waals surface area contributed by atoms with Crippen LogP contribution in [0.1, 0.15) is 6.92 Å². The SMILES string of the molecule is CCN(CCBr)c1nccn2nccc12. The molecule has 0 atom stereocenters. The van der Waals surface area contributed by atoms with Crippen LogP contribution >= 0.6 is 15.9 Å². The summed E-state index contributed by atoms with van der Waals surface area (Å²) in [5.74, 6) is 0.997. The van der Waals surface area contributed by atoms with Crippen molar-refractivity contribution in [3.63, 3.8) is 0 Å². The normalized spacial score (nSPS) is 10.8. The second kappa shape index (κ2) is 4.61. The van der Waals surface area contributed by atoms with Gasteiger partial charge >= 0.3 is 0 Å². The number of fused-ring (bicyclic) bond motifs is 1. The first-order chi connectivity index (χ1) is 7.36. The van der Waals surface area contributed by atoms with Crippen LogP contribution in [0.15, 0.2) is 24.7 Å². The van der Waals surface area contributed by atoms with E-state index in [-0.39, 0.29) is 0 Å². The molecular weight excluding hydrogens is 256 g/mol. The topological polar surface area (TPSA) is 33.4 Å². The standard InChI is InChI=1S/C10H13BrN4/c1-2-14(7-4-11)10-9-3-5-13-15(9)8-6-12-10/h3,5-6,8H,2,4,7H2,1H3. The van der Waals surface area contributed by atoms with E-state index in [0.717, 1.165) is 29.8 Å². The Kier molecular flexibility index (Phi) is 3.20. The Hall–Kier alpha value is -1.10. The first kappa shape index (κ1) is 10.4. The fourth-order valence-electron chi connectivity index (χ4n) is 1.60. The highest BCUT2D eigenvalue weighted by atomic mass is 79.9. The Bertz CT molecular complexity index is 440. The molecule has 0 bridgehead atoms. The van der Waals surface area contributed by atoms with Gasteiger partial charge < -0.3 is 4.90 Å². The van der Waals surface area contributed by atoms with Gasteiger partial charge in [-0.25, -0.2) is 9.50 Å². The Labute approximate surface area is 97.0 Å². The molecule has 0 unspecified atom stereocenters. The number of hydrogen-bond donors (Lipinski definition) is 0. The van der Waals surface area contributed by atoms with Crippen LogP contribution in [0.4, 0.5) is 5.82 Å². The number of nitrogens with zero attached hydrogens (tertiary/aromatic N) is 4. The molecule has 2 aromatic heterocycles. The van der Waals surface area contributed by atoms with Crippen LogP contribution in [0, 0.1) is 0 Å². The summed E-state index contributed by atoms with van der Waals surface area (Å²) in [6.07, 6.45) is 5.44. The number of rotatable bonds is 4. The van der Waals surface area contributed by atoms with Gasteiger partial charge in [0.15, 0.2) is 5.82 Å². The molecule has 0 fully saturated rings. The Morgan fingerprint density at radius 1 is 1.47 bits per heavy atom. The van der Waals surface area contributed by atoms with Gasteiger partial charge in [-0.1, -0.05) is 15.9 Å². The van der Waals surface area contributed by atoms with Gasteiger partial charge in [-0.15, -0.1) is 0 Å². The van der Waals surface area contributed by atoms with Gasteiger partial charge in [-0.3, -0.25) is 0 Å². The molecule has 0 aliphatic rings. The minimum absolute atomic E-state index is 0.942. The first-order valence-electron chi connectivity index (χ1n) is 4.96. The minimum atomic E-state index is 0.942. The highest BCUT2D eigenvalue weighted by Gasteiger charge is 2.09. The lowest BCUT2D eigenvalue weighted by atomic mass is 10.4. The zero-order chi connectivity index (χ0) is 10.7. The van der Waals surface area contributed by atoms with Crippen molar-refractivity contribution < 1.29 is 0 Å². The van der Waals surface area contributed by atoms with E-state index in [0.29, 0.717) is 0 Å². The van der Waals surface area contributed by atoms with E-state index in [4.69, 9.17) is 0 Å². The second-order valence-corrected chi connectivity index (χ2v) is 3.97. The molecule has 0 saturated heterocycles. The molecule has 0 saturated carbocycles. The van der Waals surface area contributed by atoms with Crippen molar-refractivity contribution in [2.45, 2.75) is 6.92 Å². The van der Waals surface area contributed by atoms with Crippen molar-refractivity contribution in [1.29, 1.82) is 0 Å². The Morgan fingerprint density at radius 3 is 3.07 bits per heavy atom. The van der Waals surface area contributed by atoms with Crippen LogP contribution in [0.2, 0.25) is 0 Å². The fourth-order valence-corrected chi connectivity index (χ4v) is 2.03. The predicted octanol–water partition coefficient (Wildman–Crippen LogP) is 1.95. The molecule has 4 nitrogen and oxygen atoms in total. The number of alkyl halides is 1. The average molecular weight is 269 g/mol. The quantitative estimate of drug-likeness (QED) is 0.795. The smallest absolute Gasteiger partial charge is 0.154 e. The number of halogens is 1. The summed E-state index contributed by atoms with van der Waals surface area (Å²) in [6, 6.07) is 1.99. The summed E-state index contributed by atoms with van der Waals surface area (Å²) in [7, 11) is 0. The zero-order valence-electron chi connectivity index (χ0n) is 8.60. The van der Waals surface area contributed by atoms with Crippen LogP contribution < -0.4 is 4.90 Å². The van der Waals surface area contributed by atoms with Gasteiger partial charge in [0.25, 0.3) is 0 Å². The maximum Gasteiger partial charge on any atom is 0.154 e. The molecule has 0 aliphatic heterocycles. The maximum atomic E-state index is 4.41. The van der Waals surface area contributed by atoms with Crippen LogP contribution in [0.3, 0.4) is 0 Å². The molecule has 15 heavy (non-hydrogen) atoms. The molecule has 0 aliphatic carbocycles. The largest absolute Gasteiger partial charge is 0.354 e. The van der Waals surface area contributed by atoms with Crippen molar-refractivity contribution in [1.82, 2.24) is 14.6 Å². The highest BCUT2D eigenvalue weighted by molar-refractivity contribution is 9.09. The van der Waals surface area contributed by atoms with Gasteiger partial charge in [0.2, 0.25) is 0 Å². The lowest BCUT2D eigenvalue weighted by Crippen LogP contribution is -2.26. The molecule has 5 heteroatoms. The van der Waals surface area contributed by atoms with Gasteiger partial charge in [0.1, 0.15) is 5.52 Å². The van der Waals surface area contributed by atoms with E-state index in [1.54, 1.807) is 12.4 Å². The average Bonchev–Trinajstić information content (AvgIpc) is 2.73. The van der Waals surface area contributed by atoms with Crippen molar-refractivity contribution in [2.24, 2.45) is 0 Å². The van der Waals surface area contributed by atoms with Gasteiger partial charge in [0.05, 0.1) is 6.20 Å². The summed E-state index contributed by atoms with van der Waals surface area (Å²) in [5.41, 5.74) is 1.06. The summed E-state index contributed by atoms with van der Waals surface area (Å²) < 4.78 is 1.85. The summed E-state index contributed by atoms with van der Waals surface area (Å²) in [5, 5.41) is 5.14. The van der Waals surface area contributed by atoms with Crippen molar-refractivity contribution in [3.05, 3.63) is 24.7 Å². The van der Waals surface area contributed by atoms with Crippen molar-refractivity contribution in [2.75, 3.05) is 23.3 Å². The molecule has 2 aromatic rings.